The van der Waals surface area contributed by atoms with E-state index in [0.717, 1.165) is 9.47 Å². The number of benzene rings is 1. The molecule has 126 valence electrons. The highest BCUT2D eigenvalue weighted by molar-refractivity contribution is 8.01. The van der Waals surface area contributed by atoms with Gasteiger partial charge in [-0.25, -0.2) is 0 Å². The Bertz CT molecular complexity index is 728. The molecule has 1 aromatic carbocycles. The van der Waals surface area contributed by atoms with E-state index in [1.165, 1.54) is 42.9 Å². The Morgan fingerprint density at radius 1 is 1.17 bits per heavy atom. The number of thioether (sulfide) groups is 1. The number of anilines is 3. The van der Waals surface area contributed by atoms with Crippen LogP contribution in [-0.4, -0.2) is 33.8 Å². The maximum Gasteiger partial charge on any atom is 0.234 e. The Hall–Kier alpha value is -2.13. The molecule has 0 spiro atoms. The lowest BCUT2D eigenvalue weighted by atomic mass is 10.3. The molecule has 2 amide bonds. The molecule has 0 atom stereocenters. The first-order chi connectivity index (χ1) is 11.6. The van der Waals surface area contributed by atoms with Crippen LogP contribution >= 0.6 is 23.1 Å². The Balaban J connectivity index is 1.44. The minimum Gasteiger partial charge on any atom is -0.357 e. The summed E-state index contributed by atoms with van der Waals surface area (Å²) in [4.78, 5) is 22.9. The summed E-state index contributed by atoms with van der Waals surface area (Å²) >= 11 is 2.83. The van der Waals surface area contributed by atoms with Crippen molar-refractivity contribution in [3.8, 4) is 0 Å². The molecule has 1 aliphatic carbocycles. The molecule has 1 saturated carbocycles. The zero-order chi connectivity index (χ0) is 16.9. The van der Waals surface area contributed by atoms with Gasteiger partial charge in [-0.15, -0.1) is 10.2 Å². The highest BCUT2D eigenvalue weighted by atomic mass is 32.2. The van der Waals surface area contributed by atoms with E-state index in [4.69, 9.17) is 0 Å². The zero-order valence-electron chi connectivity index (χ0n) is 13.0. The number of rotatable bonds is 7. The highest BCUT2D eigenvalue weighted by Gasteiger charge is 2.22. The lowest BCUT2D eigenvalue weighted by molar-refractivity contribution is -0.114. The molecule has 0 aliphatic heterocycles. The Labute approximate surface area is 147 Å². The van der Waals surface area contributed by atoms with Gasteiger partial charge in [-0.1, -0.05) is 23.1 Å². The minimum absolute atomic E-state index is 0.112. The summed E-state index contributed by atoms with van der Waals surface area (Å²) in [6.07, 6.45) is 2.37. The van der Waals surface area contributed by atoms with Gasteiger partial charge in [0.25, 0.3) is 0 Å². The van der Waals surface area contributed by atoms with Gasteiger partial charge in [-0.2, -0.15) is 0 Å². The molecule has 1 heterocycles. The van der Waals surface area contributed by atoms with Crippen molar-refractivity contribution in [3.05, 3.63) is 24.3 Å². The standard InChI is InChI=1S/C15H17N5O2S2/c1-9(21)16-10-2-4-11(5-3-10)17-13(22)8-23-15-20-19-14(24-15)18-12-6-7-12/h2-5,12H,6-8H2,1H3,(H,16,21)(H,17,22)(H,18,19). The van der Waals surface area contributed by atoms with E-state index in [1.54, 1.807) is 24.3 Å². The van der Waals surface area contributed by atoms with E-state index in [0.29, 0.717) is 17.4 Å². The van der Waals surface area contributed by atoms with E-state index in [1.807, 2.05) is 0 Å². The molecule has 7 nitrogen and oxygen atoms in total. The van der Waals surface area contributed by atoms with Crippen molar-refractivity contribution in [3.63, 3.8) is 0 Å². The van der Waals surface area contributed by atoms with E-state index < -0.39 is 0 Å². The van der Waals surface area contributed by atoms with Crippen molar-refractivity contribution >= 4 is 51.4 Å². The van der Waals surface area contributed by atoms with Crippen LogP contribution < -0.4 is 16.0 Å². The topological polar surface area (TPSA) is 96.0 Å². The summed E-state index contributed by atoms with van der Waals surface area (Å²) in [7, 11) is 0. The largest absolute Gasteiger partial charge is 0.357 e. The van der Waals surface area contributed by atoms with Gasteiger partial charge >= 0.3 is 0 Å². The van der Waals surface area contributed by atoms with Crippen molar-refractivity contribution in [1.82, 2.24) is 10.2 Å². The second-order valence-electron chi connectivity index (χ2n) is 5.39. The molecule has 1 fully saturated rings. The summed E-state index contributed by atoms with van der Waals surface area (Å²) < 4.78 is 0.773. The molecule has 0 bridgehead atoms. The van der Waals surface area contributed by atoms with Crippen LogP contribution in [0.1, 0.15) is 19.8 Å². The molecule has 0 saturated heterocycles. The highest BCUT2D eigenvalue weighted by Crippen LogP contribution is 2.30. The SMILES string of the molecule is CC(=O)Nc1ccc(NC(=O)CSc2nnc(NC3CC3)s2)cc1. The van der Waals surface area contributed by atoms with Gasteiger partial charge in [-0.05, 0) is 37.1 Å². The van der Waals surface area contributed by atoms with Gasteiger partial charge in [0.05, 0.1) is 5.75 Å². The van der Waals surface area contributed by atoms with Crippen molar-refractivity contribution in [2.24, 2.45) is 0 Å². The molecule has 9 heteroatoms. The van der Waals surface area contributed by atoms with Crippen LogP contribution in [0.5, 0.6) is 0 Å². The van der Waals surface area contributed by atoms with Crippen LogP contribution in [0.15, 0.2) is 28.6 Å². The summed E-state index contributed by atoms with van der Waals surface area (Å²) in [5.74, 6) is 0.0286. The smallest absolute Gasteiger partial charge is 0.234 e. The summed E-state index contributed by atoms with van der Waals surface area (Å²) in [6, 6.07) is 7.52. The van der Waals surface area contributed by atoms with E-state index in [9.17, 15) is 9.59 Å². The predicted molar refractivity (Wildman–Crippen MR) is 96.7 cm³/mol. The maximum atomic E-state index is 12.0. The van der Waals surface area contributed by atoms with E-state index >= 15 is 0 Å². The molecule has 1 aromatic heterocycles. The molecule has 3 rings (SSSR count). The Kier molecular flexibility index (Phi) is 5.31. The monoisotopic (exact) mass is 363 g/mol. The third kappa shape index (κ3) is 5.20. The second kappa shape index (κ2) is 7.63. The first kappa shape index (κ1) is 16.7. The third-order valence-corrected chi connectivity index (χ3v) is 5.11. The third-order valence-electron chi connectivity index (χ3n) is 3.13. The van der Waals surface area contributed by atoms with Gasteiger partial charge in [0, 0.05) is 24.3 Å². The number of aromatic nitrogens is 2. The number of hydrogen-bond acceptors (Lipinski definition) is 7. The molecule has 3 N–H and O–H groups in total. The van der Waals surface area contributed by atoms with Gasteiger partial charge < -0.3 is 16.0 Å². The Morgan fingerprint density at radius 2 is 1.83 bits per heavy atom. The zero-order valence-corrected chi connectivity index (χ0v) is 14.7. The average molecular weight is 363 g/mol. The van der Waals surface area contributed by atoms with Crippen molar-refractivity contribution < 1.29 is 9.59 Å². The van der Waals surface area contributed by atoms with Crippen LogP contribution in [0.3, 0.4) is 0 Å². The lowest BCUT2D eigenvalue weighted by Crippen LogP contribution is -2.14. The fourth-order valence-corrected chi connectivity index (χ4v) is 3.52. The molecule has 0 radical (unpaired) electrons. The van der Waals surface area contributed by atoms with Gasteiger partial charge in [-0.3, -0.25) is 9.59 Å². The van der Waals surface area contributed by atoms with Crippen LogP contribution in [0.2, 0.25) is 0 Å². The fourth-order valence-electron chi connectivity index (χ4n) is 1.89. The number of amides is 2. The predicted octanol–water partition coefficient (Wildman–Crippen LogP) is 2.80. The Morgan fingerprint density at radius 3 is 2.46 bits per heavy atom. The molecule has 0 unspecified atom stereocenters. The number of nitrogens with one attached hydrogen (secondary N) is 3. The summed E-state index contributed by atoms with van der Waals surface area (Å²) in [5, 5.41) is 17.7. The lowest BCUT2D eigenvalue weighted by Gasteiger charge is -2.06. The molecular weight excluding hydrogens is 346 g/mol. The maximum absolute atomic E-state index is 12.0. The van der Waals surface area contributed by atoms with E-state index in [-0.39, 0.29) is 17.6 Å². The number of carbonyl (C=O) groups excluding carboxylic acids is 2. The van der Waals surface area contributed by atoms with Crippen molar-refractivity contribution in [1.29, 1.82) is 0 Å². The summed E-state index contributed by atoms with van der Waals surface area (Å²) in [6.45, 7) is 1.45. The fraction of sp³-hybridized carbons (Fsp3) is 0.333. The first-order valence-electron chi connectivity index (χ1n) is 7.49. The van der Waals surface area contributed by atoms with Crippen LogP contribution in [-0.2, 0) is 9.59 Å². The molecule has 1 aliphatic rings. The molecule has 2 aromatic rings. The minimum atomic E-state index is -0.129. The van der Waals surface area contributed by atoms with Crippen molar-refractivity contribution in [2.45, 2.75) is 30.1 Å². The normalized spacial score (nSPS) is 13.4. The van der Waals surface area contributed by atoms with Crippen LogP contribution in [0.4, 0.5) is 16.5 Å². The number of nitrogens with zero attached hydrogens (tertiary/aromatic N) is 2. The average Bonchev–Trinajstić information content (AvgIpc) is 3.23. The first-order valence-corrected chi connectivity index (χ1v) is 9.29. The quantitative estimate of drug-likeness (QED) is 0.655. The van der Waals surface area contributed by atoms with Crippen LogP contribution in [0.25, 0.3) is 0 Å². The number of hydrogen-bond donors (Lipinski definition) is 3. The van der Waals surface area contributed by atoms with Crippen LogP contribution in [0, 0.1) is 0 Å². The van der Waals surface area contributed by atoms with Gasteiger partial charge in [0.1, 0.15) is 0 Å². The van der Waals surface area contributed by atoms with Gasteiger partial charge in [0.15, 0.2) is 4.34 Å². The second-order valence-corrected chi connectivity index (χ2v) is 7.59. The van der Waals surface area contributed by atoms with Gasteiger partial charge in [0.2, 0.25) is 16.9 Å². The summed E-state index contributed by atoms with van der Waals surface area (Å²) in [5.41, 5.74) is 1.38. The number of carbonyl (C=O) groups is 2. The molecule has 24 heavy (non-hydrogen) atoms. The van der Waals surface area contributed by atoms with E-state index in [2.05, 4.69) is 26.1 Å². The van der Waals surface area contributed by atoms with Crippen molar-refractivity contribution in [2.75, 3.05) is 21.7 Å². The molecular formula is C15H17N5O2S2.